The maximum Gasteiger partial charge on any atom is 0.246 e. The van der Waals surface area contributed by atoms with Crippen molar-refractivity contribution in [2.75, 3.05) is 31.1 Å². The summed E-state index contributed by atoms with van der Waals surface area (Å²) in [4.78, 5) is 151. The summed E-state index contributed by atoms with van der Waals surface area (Å²) in [6.45, 7) is -0.349. The van der Waals surface area contributed by atoms with Crippen LogP contribution in [0.4, 0.5) is 0 Å². The van der Waals surface area contributed by atoms with Crippen LogP contribution in [0.15, 0.2) is 59.6 Å². The van der Waals surface area contributed by atoms with Crippen LogP contribution in [0.3, 0.4) is 0 Å². The molecule has 0 radical (unpaired) electrons. The quantitative estimate of drug-likeness (QED) is 0.0142. The zero-order valence-corrected chi connectivity index (χ0v) is 43.0. The highest BCUT2D eigenvalue weighted by atomic mass is 32.1. The van der Waals surface area contributed by atoms with Gasteiger partial charge >= 0.3 is 0 Å². The molecule has 3 rings (SSSR count). The van der Waals surface area contributed by atoms with Crippen molar-refractivity contribution in [3.8, 4) is 5.75 Å². The number of rotatable bonds is 32. The minimum atomic E-state index is -1.61. The average Bonchev–Trinajstić information content (AvgIpc) is 3.86. The summed E-state index contributed by atoms with van der Waals surface area (Å²) in [5, 5.41) is 27.6. The maximum atomic E-state index is 14.3. The van der Waals surface area contributed by atoms with Gasteiger partial charge in [0.05, 0.1) is 6.54 Å². The van der Waals surface area contributed by atoms with Crippen LogP contribution in [0, 0.1) is 0 Å². The molecule has 2 aromatic carbocycles. The van der Waals surface area contributed by atoms with Crippen LogP contribution >= 0.6 is 25.3 Å². The standard InChI is InChI=1S/C47H68N14O12S2/c48-36(63)16-14-30(57-44(71)33(22-26-6-2-1-3-7-26)59-43(70)32(55-39(66)18-21-74)23-27-10-12-28(62)13-11-27)41(68)56-31(15-17-37(49)64)42(69)60-34(25-75)46(73)61-20-5-9-35(61)45(72)58-29(8-4-19-53-47(51)52)40(67)54-24-38(50)65/h1-3,6-7,10-13,29-35,62,74-75H,4-5,8-9,14-25H2,(H2,48,63)(H2,49,64)(H2,50,65)(H,54,67)(H,55,66)(H,56,68)(H,57,71)(H,58,72)(H,59,70)(H,60,69)(H4,51,52,53)/t29-,30+,31+,32+,33+,34+,35+/m1/s1. The number of hydrogen-bond donors (Lipinski definition) is 15. The van der Waals surface area contributed by atoms with Crippen molar-refractivity contribution in [1.82, 2.24) is 42.1 Å². The van der Waals surface area contributed by atoms with Gasteiger partial charge in [0.25, 0.3) is 0 Å². The lowest BCUT2D eigenvalue weighted by molar-refractivity contribution is -0.142. The molecule has 0 saturated carbocycles. The Morgan fingerprint density at radius 2 is 1.11 bits per heavy atom. The van der Waals surface area contributed by atoms with Gasteiger partial charge in [0.1, 0.15) is 48.0 Å². The van der Waals surface area contributed by atoms with Gasteiger partial charge in [-0.3, -0.25) is 57.7 Å². The first-order chi connectivity index (χ1) is 35.6. The number of carbonyl (C=O) groups is 11. The molecule has 1 aliphatic rings. The number of primary amides is 3. The van der Waals surface area contributed by atoms with E-state index >= 15 is 0 Å². The molecule has 0 aromatic heterocycles. The monoisotopic (exact) mass is 1080 g/mol. The smallest absolute Gasteiger partial charge is 0.246 e. The Morgan fingerprint density at radius 3 is 1.63 bits per heavy atom. The summed E-state index contributed by atoms with van der Waals surface area (Å²) in [5.74, 6) is -9.41. The number of carbonyl (C=O) groups excluding carboxylic acids is 11. The molecule has 28 heteroatoms. The highest BCUT2D eigenvalue weighted by molar-refractivity contribution is 7.80. The van der Waals surface area contributed by atoms with Gasteiger partial charge in [-0.15, -0.1) is 0 Å². The number of likely N-dealkylation sites (tertiary alicyclic amines) is 1. The molecule has 1 fully saturated rings. The number of nitrogens with zero attached hydrogens (tertiary/aromatic N) is 2. The molecule has 2 aromatic rings. The SMILES string of the molecule is NC(=O)CC[C@H](NC(=O)[C@H](Cc1ccccc1)NC(=O)[C@H](Cc1ccc(O)cc1)NC(=O)CCS)C(=O)N[C@@H](CCC(N)=O)C(=O)N[C@@H](CS)C(=O)N1CCC[C@H]1C(=O)N[C@H](CCCN=C(N)N)C(=O)NCC(N)=O. The lowest BCUT2D eigenvalue weighted by Gasteiger charge is -2.30. The van der Waals surface area contributed by atoms with Crippen LogP contribution in [-0.4, -0.2) is 154 Å². The van der Waals surface area contributed by atoms with Gasteiger partial charge < -0.3 is 75.9 Å². The van der Waals surface area contributed by atoms with E-state index in [1.54, 1.807) is 42.5 Å². The zero-order valence-electron chi connectivity index (χ0n) is 41.2. The van der Waals surface area contributed by atoms with E-state index in [1.807, 2.05) is 0 Å². The molecule has 75 heavy (non-hydrogen) atoms. The second kappa shape index (κ2) is 31.9. The summed E-state index contributed by atoms with van der Waals surface area (Å²) in [5.41, 5.74) is 27.9. The molecule has 7 atom stereocenters. The molecule has 1 heterocycles. The van der Waals surface area contributed by atoms with Gasteiger partial charge in [0.15, 0.2) is 5.96 Å². The predicted octanol–water partition coefficient (Wildman–Crippen LogP) is -4.49. The van der Waals surface area contributed by atoms with Gasteiger partial charge in [-0.2, -0.15) is 25.3 Å². The van der Waals surface area contributed by atoms with Crippen LogP contribution in [0.25, 0.3) is 0 Å². The molecular formula is C47H68N14O12S2. The molecule has 11 amide bonds. The third-order valence-corrected chi connectivity index (χ3v) is 12.1. The lowest BCUT2D eigenvalue weighted by Crippen LogP contribution is -2.60. The molecule has 18 N–H and O–H groups in total. The van der Waals surface area contributed by atoms with Crippen molar-refractivity contribution >= 4 is 96.2 Å². The second-order valence-corrected chi connectivity index (χ2v) is 18.3. The first-order valence-corrected chi connectivity index (χ1v) is 25.2. The number of aliphatic imine (C=N–C) groups is 1. The summed E-state index contributed by atoms with van der Waals surface area (Å²) in [6.07, 6.45) is -1.18. The maximum absolute atomic E-state index is 14.3. The van der Waals surface area contributed by atoms with E-state index in [-0.39, 0.29) is 74.8 Å². The average molecular weight is 1090 g/mol. The molecular weight excluding hydrogens is 1020 g/mol. The largest absolute Gasteiger partial charge is 0.508 e. The predicted molar refractivity (Wildman–Crippen MR) is 280 cm³/mol. The summed E-state index contributed by atoms with van der Waals surface area (Å²) in [7, 11) is 0. The van der Waals surface area contributed by atoms with Crippen LogP contribution in [0.2, 0.25) is 0 Å². The minimum Gasteiger partial charge on any atom is -0.508 e. The highest BCUT2D eigenvalue weighted by Crippen LogP contribution is 2.20. The number of amides is 11. The normalized spacial score (nSPS) is 15.2. The number of hydrogen-bond acceptors (Lipinski definition) is 15. The van der Waals surface area contributed by atoms with E-state index in [4.69, 9.17) is 28.7 Å². The Balaban J connectivity index is 1.87. The molecule has 0 unspecified atom stereocenters. The van der Waals surface area contributed by atoms with Crippen molar-refractivity contribution in [2.24, 2.45) is 33.7 Å². The molecule has 26 nitrogen and oxygen atoms in total. The van der Waals surface area contributed by atoms with E-state index in [9.17, 15) is 57.8 Å². The first kappa shape index (κ1) is 61.7. The number of nitrogens with one attached hydrogen (secondary N) is 7. The van der Waals surface area contributed by atoms with Gasteiger partial charge in [-0.25, -0.2) is 0 Å². The minimum absolute atomic E-state index is 0.0287. The van der Waals surface area contributed by atoms with Crippen LogP contribution < -0.4 is 65.9 Å². The van der Waals surface area contributed by atoms with E-state index < -0.39 is 139 Å². The third kappa shape index (κ3) is 22.2. The number of nitrogens with two attached hydrogens (primary N) is 5. The van der Waals surface area contributed by atoms with Crippen LogP contribution in [0.1, 0.15) is 68.9 Å². The number of thiol groups is 2. The number of guanidine groups is 1. The van der Waals surface area contributed by atoms with Gasteiger partial charge in [0.2, 0.25) is 65.0 Å². The van der Waals surface area contributed by atoms with E-state index in [0.717, 1.165) is 0 Å². The van der Waals surface area contributed by atoms with Crippen molar-refractivity contribution in [2.45, 2.75) is 113 Å². The van der Waals surface area contributed by atoms with Crippen molar-refractivity contribution < 1.29 is 57.8 Å². The summed E-state index contributed by atoms with van der Waals surface area (Å²) in [6, 6.07) is 4.78. The fourth-order valence-corrected chi connectivity index (χ4v) is 8.18. The van der Waals surface area contributed by atoms with E-state index in [1.165, 1.54) is 17.0 Å². The fraction of sp³-hybridized carbons (Fsp3) is 0.489. The van der Waals surface area contributed by atoms with Crippen LogP contribution in [-0.2, 0) is 65.6 Å². The number of phenols is 1. The van der Waals surface area contributed by atoms with Gasteiger partial charge in [-0.05, 0) is 67.5 Å². The van der Waals surface area contributed by atoms with Crippen molar-refractivity contribution in [1.29, 1.82) is 0 Å². The Kier molecular flexibility index (Phi) is 26.2. The molecule has 410 valence electrons. The topological polar surface area (TPSA) is 438 Å². The Labute approximate surface area is 443 Å². The molecule has 0 bridgehead atoms. The Bertz CT molecular complexity index is 2360. The highest BCUT2D eigenvalue weighted by Gasteiger charge is 2.40. The van der Waals surface area contributed by atoms with Gasteiger partial charge in [0, 0.05) is 50.9 Å². The zero-order chi connectivity index (χ0) is 55.6. The molecule has 0 spiro atoms. The third-order valence-electron chi connectivity index (χ3n) is 11.6. The Hall–Kier alpha value is -7.62. The number of benzene rings is 2. The fourth-order valence-electron chi connectivity index (χ4n) is 7.73. The number of aromatic hydroxyl groups is 1. The first-order valence-electron chi connectivity index (χ1n) is 24.0. The van der Waals surface area contributed by atoms with Gasteiger partial charge in [-0.1, -0.05) is 42.5 Å². The van der Waals surface area contributed by atoms with E-state index in [0.29, 0.717) is 17.5 Å². The second-order valence-electron chi connectivity index (χ2n) is 17.5. The lowest BCUT2D eigenvalue weighted by atomic mass is 10.0. The van der Waals surface area contributed by atoms with Crippen LogP contribution in [0.5, 0.6) is 5.75 Å². The molecule has 0 aliphatic carbocycles. The Morgan fingerprint density at radius 1 is 0.600 bits per heavy atom. The summed E-state index contributed by atoms with van der Waals surface area (Å²) < 4.78 is 0. The summed E-state index contributed by atoms with van der Waals surface area (Å²) >= 11 is 8.37. The van der Waals surface area contributed by atoms with Crippen molar-refractivity contribution in [3.63, 3.8) is 0 Å². The number of phenolic OH excluding ortho intramolecular Hbond substituents is 1. The van der Waals surface area contributed by atoms with E-state index in [2.05, 4.69) is 67.5 Å². The molecule has 1 saturated heterocycles. The van der Waals surface area contributed by atoms with Crippen molar-refractivity contribution in [3.05, 3.63) is 65.7 Å². The molecule has 1 aliphatic heterocycles.